The average molecular weight is 196 g/mol. The van der Waals surface area contributed by atoms with Crippen molar-refractivity contribution in [2.24, 2.45) is 0 Å². The van der Waals surface area contributed by atoms with Gasteiger partial charge in [-0.2, -0.15) is 0 Å². The first-order valence-electron chi connectivity index (χ1n) is 4.40. The first kappa shape index (κ1) is 10.6. The third-order valence-corrected chi connectivity index (χ3v) is 2.99. The number of benzene rings is 1. The van der Waals surface area contributed by atoms with E-state index in [0.29, 0.717) is 0 Å². The van der Waals surface area contributed by atoms with E-state index in [4.69, 9.17) is 5.11 Å². The summed E-state index contributed by atoms with van der Waals surface area (Å²) >= 11 is 1.70. The SMILES string of the molecule is Cc1ccc(SC(C)(C)CO)cc1. The Hall–Kier alpha value is -0.470. The van der Waals surface area contributed by atoms with Crippen molar-refractivity contribution in [3.63, 3.8) is 0 Å². The fourth-order valence-electron chi connectivity index (χ4n) is 0.958. The second kappa shape index (κ2) is 4.16. The minimum atomic E-state index is -0.0880. The number of aryl methyl sites for hydroxylation is 1. The van der Waals surface area contributed by atoms with Crippen molar-refractivity contribution in [3.8, 4) is 0 Å². The van der Waals surface area contributed by atoms with Gasteiger partial charge in [-0.3, -0.25) is 0 Å². The van der Waals surface area contributed by atoms with E-state index in [2.05, 4.69) is 31.2 Å². The zero-order chi connectivity index (χ0) is 9.90. The highest BCUT2D eigenvalue weighted by atomic mass is 32.2. The summed E-state index contributed by atoms with van der Waals surface area (Å²) < 4.78 is -0.0880. The van der Waals surface area contributed by atoms with Gasteiger partial charge in [0.2, 0.25) is 0 Å². The molecule has 1 aromatic carbocycles. The van der Waals surface area contributed by atoms with E-state index in [9.17, 15) is 0 Å². The van der Waals surface area contributed by atoms with Gasteiger partial charge in [0.25, 0.3) is 0 Å². The molecule has 0 unspecified atom stereocenters. The highest BCUT2D eigenvalue weighted by Gasteiger charge is 2.17. The Morgan fingerprint density at radius 2 is 1.77 bits per heavy atom. The van der Waals surface area contributed by atoms with Crippen LogP contribution in [0.1, 0.15) is 19.4 Å². The minimum Gasteiger partial charge on any atom is -0.395 e. The van der Waals surface area contributed by atoms with Gasteiger partial charge in [-0.05, 0) is 32.9 Å². The summed E-state index contributed by atoms with van der Waals surface area (Å²) in [6, 6.07) is 8.38. The van der Waals surface area contributed by atoms with Crippen LogP contribution in [0.2, 0.25) is 0 Å². The lowest BCUT2D eigenvalue weighted by atomic mass is 10.2. The van der Waals surface area contributed by atoms with Crippen molar-refractivity contribution in [1.29, 1.82) is 0 Å². The summed E-state index contributed by atoms with van der Waals surface area (Å²) in [4.78, 5) is 1.21. The van der Waals surface area contributed by atoms with Gasteiger partial charge >= 0.3 is 0 Å². The molecular formula is C11H16OS. The number of aliphatic hydroxyl groups excluding tert-OH is 1. The summed E-state index contributed by atoms with van der Waals surface area (Å²) in [5, 5.41) is 9.09. The summed E-state index contributed by atoms with van der Waals surface area (Å²) in [7, 11) is 0. The summed E-state index contributed by atoms with van der Waals surface area (Å²) in [6.45, 7) is 6.35. The number of rotatable bonds is 3. The molecule has 0 spiro atoms. The van der Waals surface area contributed by atoms with Crippen molar-refractivity contribution in [2.45, 2.75) is 30.4 Å². The Morgan fingerprint density at radius 1 is 1.23 bits per heavy atom. The number of hydrogen-bond donors (Lipinski definition) is 1. The Bertz CT molecular complexity index is 264. The first-order chi connectivity index (χ1) is 6.03. The van der Waals surface area contributed by atoms with Gasteiger partial charge in [0.15, 0.2) is 0 Å². The van der Waals surface area contributed by atoms with Crippen molar-refractivity contribution in [2.75, 3.05) is 6.61 Å². The molecule has 0 amide bonds. The molecule has 0 atom stereocenters. The molecule has 1 rings (SSSR count). The molecule has 0 fully saturated rings. The molecule has 0 bridgehead atoms. The lowest BCUT2D eigenvalue weighted by molar-refractivity contribution is 0.265. The molecule has 1 nitrogen and oxygen atoms in total. The van der Waals surface area contributed by atoms with Gasteiger partial charge in [0.05, 0.1) is 6.61 Å². The topological polar surface area (TPSA) is 20.2 Å². The van der Waals surface area contributed by atoms with Crippen LogP contribution in [-0.4, -0.2) is 16.5 Å². The molecule has 0 aliphatic rings. The van der Waals surface area contributed by atoms with E-state index in [0.717, 1.165) is 0 Å². The van der Waals surface area contributed by atoms with Crippen LogP contribution in [0.25, 0.3) is 0 Å². The van der Waals surface area contributed by atoms with E-state index >= 15 is 0 Å². The Labute approximate surface area is 84.2 Å². The predicted octanol–water partition coefficient (Wildman–Crippen LogP) is 2.86. The van der Waals surface area contributed by atoms with Gasteiger partial charge < -0.3 is 5.11 Å². The monoisotopic (exact) mass is 196 g/mol. The highest BCUT2D eigenvalue weighted by molar-refractivity contribution is 8.00. The highest BCUT2D eigenvalue weighted by Crippen LogP contribution is 2.31. The van der Waals surface area contributed by atoms with Gasteiger partial charge in [-0.25, -0.2) is 0 Å². The van der Waals surface area contributed by atoms with E-state index < -0.39 is 0 Å². The molecule has 0 radical (unpaired) electrons. The van der Waals surface area contributed by atoms with Crippen molar-refractivity contribution >= 4 is 11.8 Å². The van der Waals surface area contributed by atoms with Crippen molar-refractivity contribution < 1.29 is 5.11 Å². The molecule has 0 aliphatic heterocycles. The van der Waals surface area contributed by atoms with Gasteiger partial charge in [-0.15, -0.1) is 11.8 Å². The summed E-state index contributed by atoms with van der Waals surface area (Å²) in [6.07, 6.45) is 0. The van der Waals surface area contributed by atoms with Crippen LogP contribution in [0.3, 0.4) is 0 Å². The fraction of sp³-hybridized carbons (Fsp3) is 0.455. The molecule has 1 aromatic rings. The second-order valence-corrected chi connectivity index (χ2v) is 5.61. The number of hydrogen-bond acceptors (Lipinski definition) is 2. The van der Waals surface area contributed by atoms with Crippen LogP contribution < -0.4 is 0 Å². The normalized spacial score (nSPS) is 11.7. The van der Waals surface area contributed by atoms with E-state index in [1.54, 1.807) is 11.8 Å². The van der Waals surface area contributed by atoms with Crippen molar-refractivity contribution in [1.82, 2.24) is 0 Å². The van der Waals surface area contributed by atoms with E-state index in [-0.39, 0.29) is 11.4 Å². The van der Waals surface area contributed by atoms with Crippen LogP contribution in [-0.2, 0) is 0 Å². The van der Waals surface area contributed by atoms with E-state index in [1.165, 1.54) is 10.5 Å². The van der Waals surface area contributed by atoms with Crippen LogP contribution >= 0.6 is 11.8 Å². The quantitative estimate of drug-likeness (QED) is 0.750. The molecule has 0 saturated carbocycles. The molecule has 13 heavy (non-hydrogen) atoms. The minimum absolute atomic E-state index is 0.0880. The summed E-state index contributed by atoms with van der Waals surface area (Å²) in [5.41, 5.74) is 1.27. The third kappa shape index (κ3) is 3.41. The molecule has 0 saturated heterocycles. The lowest BCUT2D eigenvalue weighted by Crippen LogP contribution is -2.19. The lowest BCUT2D eigenvalue weighted by Gasteiger charge is -2.20. The molecule has 1 N–H and O–H groups in total. The zero-order valence-electron chi connectivity index (χ0n) is 8.37. The molecule has 72 valence electrons. The van der Waals surface area contributed by atoms with Crippen LogP contribution in [0, 0.1) is 6.92 Å². The average Bonchev–Trinajstić information content (AvgIpc) is 2.09. The van der Waals surface area contributed by atoms with Gasteiger partial charge in [-0.1, -0.05) is 17.7 Å². The third-order valence-electron chi connectivity index (χ3n) is 1.80. The standard InChI is InChI=1S/C11H16OS/c1-9-4-6-10(7-5-9)13-11(2,3)8-12/h4-7,12H,8H2,1-3H3. The molecule has 0 heterocycles. The predicted molar refractivity (Wildman–Crippen MR) is 58.2 cm³/mol. The molecular weight excluding hydrogens is 180 g/mol. The molecule has 2 heteroatoms. The summed E-state index contributed by atoms with van der Waals surface area (Å²) in [5.74, 6) is 0. The van der Waals surface area contributed by atoms with Crippen LogP contribution in [0.4, 0.5) is 0 Å². The zero-order valence-corrected chi connectivity index (χ0v) is 9.19. The van der Waals surface area contributed by atoms with Crippen LogP contribution in [0.15, 0.2) is 29.2 Å². The maximum absolute atomic E-state index is 9.09. The Balaban J connectivity index is 2.69. The molecule has 0 aliphatic carbocycles. The maximum Gasteiger partial charge on any atom is 0.0576 e. The van der Waals surface area contributed by atoms with Gasteiger partial charge in [0, 0.05) is 9.64 Å². The largest absolute Gasteiger partial charge is 0.395 e. The number of thioether (sulfide) groups is 1. The molecule has 0 aromatic heterocycles. The fourth-order valence-corrected chi connectivity index (χ4v) is 1.93. The maximum atomic E-state index is 9.09. The van der Waals surface area contributed by atoms with Crippen LogP contribution in [0.5, 0.6) is 0 Å². The number of aliphatic hydroxyl groups is 1. The Kier molecular flexibility index (Phi) is 3.40. The van der Waals surface area contributed by atoms with E-state index in [1.807, 2.05) is 13.8 Å². The first-order valence-corrected chi connectivity index (χ1v) is 5.22. The smallest absolute Gasteiger partial charge is 0.0576 e. The second-order valence-electron chi connectivity index (χ2n) is 3.83. The van der Waals surface area contributed by atoms with Crippen molar-refractivity contribution in [3.05, 3.63) is 29.8 Å². The Morgan fingerprint density at radius 3 is 2.23 bits per heavy atom. The van der Waals surface area contributed by atoms with Gasteiger partial charge in [0.1, 0.15) is 0 Å².